The van der Waals surface area contributed by atoms with E-state index in [2.05, 4.69) is 37.0 Å². The first kappa shape index (κ1) is 22.4. The number of ether oxygens (including phenoxy) is 1. The van der Waals surface area contributed by atoms with E-state index in [4.69, 9.17) is 10.5 Å². The molecular weight excluding hydrogens is 442 g/mol. The number of nitriles is 1. The van der Waals surface area contributed by atoms with E-state index in [9.17, 15) is 10.1 Å². The highest BCUT2D eigenvalue weighted by Gasteiger charge is 2.45. The number of carbonyl (C=O) groups excluding carboxylic acids is 1. The Labute approximate surface area is 196 Å². The summed E-state index contributed by atoms with van der Waals surface area (Å²) in [5.74, 6) is 1.33. The van der Waals surface area contributed by atoms with E-state index >= 15 is 0 Å². The van der Waals surface area contributed by atoms with Gasteiger partial charge in [0.25, 0.3) is 0 Å². The van der Waals surface area contributed by atoms with Crippen molar-refractivity contribution in [3.63, 3.8) is 0 Å². The molecule has 2 heterocycles. The number of aromatic nitrogens is 2. The molecule has 2 N–H and O–H groups in total. The number of Topliss-reactive ketones (excluding diaryl/α,β-unsaturated/α-hetero) is 1. The number of anilines is 1. The van der Waals surface area contributed by atoms with E-state index in [1.54, 1.807) is 23.8 Å². The van der Waals surface area contributed by atoms with E-state index in [0.717, 1.165) is 21.4 Å². The average molecular weight is 468 g/mol. The maximum absolute atomic E-state index is 13.5. The number of hydrogen-bond donors (Lipinski definition) is 1. The van der Waals surface area contributed by atoms with Gasteiger partial charge in [0.15, 0.2) is 10.1 Å². The van der Waals surface area contributed by atoms with Gasteiger partial charge in [-0.2, -0.15) is 5.26 Å². The number of thioether (sulfide) groups is 1. The molecule has 4 rings (SSSR count). The van der Waals surface area contributed by atoms with Crippen LogP contribution >= 0.6 is 23.1 Å². The molecule has 0 radical (unpaired) electrons. The first-order chi connectivity index (χ1) is 15.3. The third kappa shape index (κ3) is 3.89. The summed E-state index contributed by atoms with van der Waals surface area (Å²) in [5.41, 5.74) is 8.96. The number of ketones is 1. The Morgan fingerprint density at radius 3 is 2.84 bits per heavy atom. The summed E-state index contributed by atoms with van der Waals surface area (Å²) in [7, 11) is 1.59. The summed E-state index contributed by atoms with van der Waals surface area (Å²) in [4.78, 5) is 15.3. The van der Waals surface area contributed by atoms with Gasteiger partial charge in [0.2, 0.25) is 5.13 Å². The number of rotatable bonds is 5. The SMILES string of the molecule is CCSc1nnc(N2C(N)=C(C#N)C(c3cccc(OC)c3)C3=C2CC(C)(C)CC3=O)s1. The number of allylic oxidation sites excluding steroid dienone is 3. The summed E-state index contributed by atoms with van der Waals surface area (Å²) in [6, 6.07) is 9.76. The second-order valence-electron chi connectivity index (χ2n) is 8.54. The highest BCUT2D eigenvalue weighted by molar-refractivity contribution is 8.01. The van der Waals surface area contributed by atoms with Crippen molar-refractivity contribution in [3.05, 3.63) is 52.5 Å². The van der Waals surface area contributed by atoms with Gasteiger partial charge in [-0.15, -0.1) is 10.2 Å². The van der Waals surface area contributed by atoms with Crippen LogP contribution in [0.3, 0.4) is 0 Å². The van der Waals surface area contributed by atoms with Crippen molar-refractivity contribution in [2.75, 3.05) is 17.8 Å². The number of hydrogen-bond acceptors (Lipinski definition) is 9. The topological polar surface area (TPSA) is 105 Å². The molecule has 1 aromatic heterocycles. The lowest BCUT2D eigenvalue weighted by Crippen LogP contribution is -2.42. The summed E-state index contributed by atoms with van der Waals surface area (Å²) in [6.07, 6.45) is 1.05. The fourth-order valence-electron chi connectivity index (χ4n) is 4.36. The van der Waals surface area contributed by atoms with Crippen LogP contribution in [0.4, 0.5) is 5.13 Å². The largest absolute Gasteiger partial charge is 0.497 e. The zero-order chi connectivity index (χ0) is 23.0. The summed E-state index contributed by atoms with van der Waals surface area (Å²) < 4.78 is 6.22. The molecule has 0 saturated carbocycles. The Hall–Kier alpha value is -2.83. The summed E-state index contributed by atoms with van der Waals surface area (Å²) >= 11 is 3.02. The van der Waals surface area contributed by atoms with Gasteiger partial charge in [-0.1, -0.05) is 56.0 Å². The Morgan fingerprint density at radius 2 is 2.16 bits per heavy atom. The zero-order valence-electron chi connectivity index (χ0n) is 18.5. The molecule has 32 heavy (non-hydrogen) atoms. The fourth-order valence-corrected chi connectivity index (χ4v) is 6.13. The molecule has 0 amide bonds. The van der Waals surface area contributed by atoms with Gasteiger partial charge in [0.05, 0.1) is 24.7 Å². The lowest BCUT2D eigenvalue weighted by atomic mass is 9.68. The molecule has 0 bridgehead atoms. The van der Waals surface area contributed by atoms with Gasteiger partial charge < -0.3 is 10.5 Å². The van der Waals surface area contributed by atoms with Gasteiger partial charge in [-0.25, -0.2) is 0 Å². The minimum atomic E-state index is -0.539. The lowest BCUT2D eigenvalue weighted by Gasteiger charge is -2.42. The van der Waals surface area contributed by atoms with Crippen molar-refractivity contribution in [1.29, 1.82) is 5.26 Å². The van der Waals surface area contributed by atoms with Gasteiger partial charge in [0, 0.05) is 17.7 Å². The average Bonchev–Trinajstić information content (AvgIpc) is 3.20. The fraction of sp³-hybridized carbons (Fsp3) is 0.391. The second-order valence-corrected chi connectivity index (χ2v) is 11.0. The minimum Gasteiger partial charge on any atom is -0.497 e. The van der Waals surface area contributed by atoms with Crippen LogP contribution in [-0.2, 0) is 4.79 Å². The second kappa shape index (κ2) is 8.60. The van der Waals surface area contributed by atoms with Crippen LogP contribution in [0.1, 0.15) is 45.1 Å². The first-order valence-electron chi connectivity index (χ1n) is 10.4. The quantitative estimate of drug-likeness (QED) is 0.636. The third-order valence-corrected chi connectivity index (χ3v) is 7.59. The molecule has 1 aliphatic carbocycles. The molecule has 1 aliphatic heterocycles. The molecule has 1 aromatic carbocycles. The molecule has 2 aliphatic rings. The van der Waals surface area contributed by atoms with Gasteiger partial charge >= 0.3 is 0 Å². The highest BCUT2D eigenvalue weighted by Crippen LogP contribution is 2.51. The van der Waals surface area contributed by atoms with E-state index in [1.165, 1.54) is 11.3 Å². The van der Waals surface area contributed by atoms with Gasteiger partial charge in [-0.05, 0) is 35.3 Å². The lowest BCUT2D eigenvalue weighted by molar-refractivity contribution is -0.118. The Morgan fingerprint density at radius 1 is 1.38 bits per heavy atom. The minimum absolute atomic E-state index is 0.0296. The van der Waals surface area contributed by atoms with Crippen LogP contribution in [0.15, 0.2) is 51.3 Å². The molecule has 1 unspecified atom stereocenters. The number of carbonyl (C=O) groups is 1. The highest BCUT2D eigenvalue weighted by atomic mass is 32.2. The predicted molar refractivity (Wildman–Crippen MR) is 126 cm³/mol. The molecule has 0 fully saturated rings. The third-order valence-electron chi connectivity index (χ3n) is 5.66. The number of nitrogens with zero attached hydrogens (tertiary/aromatic N) is 4. The van der Waals surface area contributed by atoms with E-state index in [0.29, 0.717) is 40.7 Å². The molecule has 0 spiro atoms. The summed E-state index contributed by atoms with van der Waals surface area (Å²) in [6.45, 7) is 6.20. The van der Waals surface area contributed by atoms with Gasteiger partial charge in [0.1, 0.15) is 11.6 Å². The van der Waals surface area contributed by atoms with Crippen molar-refractivity contribution in [1.82, 2.24) is 10.2 Å². The van der Waals surface area contributed by atoms with Crippen molar-refractivity contribution in [3.8, 4) is 11.8 Å². The summed E-state index contributed by atoms with van der Waals surface area (Å²) in [5, 5.41) is 19.3. The van der Waals surface area contributed by atoms with Crippen LogP contribution in [-0.4, -0.2) is 28.8 Å². The molecule has 9 heteroatoms. The monoisotopic (exact) mass is 467 g/mol. The van der Waals surface area contributed by atoms with Crippen molar-refractivity contribution >= 4 is 34.0 Å². The zero-order valence-corrected chi connectivity index (χ0v) is 20.1. The first-order valence-corrected chi connectivity index (χ1v) is 12.2. The van der Waals surface area contributed by atoms with Crippen molar-refractivity contribution in [2.24, 2.45) is 11.1 Å². The van der Waals surface area contributed by atoms with Crippen LogP contribution < -0.4 is 15.4 Å². The van der Waals surface area contributed by atoms with Crippen molar-refractivity contribution < 1.29 is 9.53 Å². The van der Waals surface area contributed by atoms with Crippen LogP contribution in [0.2, 0.25) is 0 Å². The van der Waals surface area contributed by atoms with Crippen molar-refractivity contribution in [2.45, 2.75) is 43.9 Å². The maximum atomic E-state index is 13.5. The van der Waals surface area contributed by atoms with E-state index in [1.807, 2.05) is 24.3 Å². The standard InChI is InChI=1S/C23H25N5O2S2/c1-5-31-22-27-26-21(32-22)28-16-10-23(2,3)11-17(29)19(16)18(15(12-24)20(28)25)13-7-6-8-14(9-13)30-4/h6-9,18H,5,10-11,25H2,1-4H3. The van der Waals surface area contributed by atoms with E-state index < -0.39 is 5.92 Å². The molecule has 2 aromatic rings. The molecule has 1 atom stereocenters. The maximum Gasteiger partial charge on any atom is 0.219 e. The smallest absolute Gasteiger partial charge is 0.219 e. The van der Waals surface area contributed by atoms with E-state index in [-0.39, 0.29) is 11.2 Å². The van der Waals surface area contributed by atoms with Gasteiger partial charge in [-0.3, -0.25) is 9.69 Å². The Bertz CT molecular complexity index is 1180. The number of methoxy groups -OCH3 is 1. The molecular formula is C23H25N5O2S2. The normalized spacial score (nSPS) is 20.3. The van der Waals surface area contributed by atoms with Crippen LogP contribution in [0.25, 0.3) is 0 Å². The number of benzene rings is 1. The predicted octanol–water partition coefficient (Wildman–Crippen LogP) is 4.60. The number of nitrogens with two attached hydrogens (primary N) is 1. The Balaban J connectivity index is 1.95. The Kier molecular flexibility index (Phi) is 6.01. The molecule has 7 nitrogen and oxygen atoms in total. The molecule has 0 saturated heterocycles. The van der Waals surface area contributed by atoms with Crippen LogP contribution in [0.5, 0.6) is 5.75 Å². The van der Waals surface area contributed by atoms with Crippen LogP contribution in [0, 0.1) is 16.7 Å². The molecule has 166 valence electrons.